The molecule has 1 aliphatic carbocycles. The van der Waals surface area contributed by atoms with E-state index in [0.29, 0.717) is 11.7 Å². The van der Waals surface area contributed by atoms with Crippen LogP contribution in [-0.4, -0.2) is 14.8 Å². The van der Waals surface area contributed by atoms with Gasteiger partial charge in [-0.1, -0.05) is 6.07 Å². The average Bonchev–Trinajstić information content (AvgIpc) is 3.04. The fraction of sp³-hybridized carbons (Fsp3) is 0.273. The first kappa shape index (κ1) is 8.47. The topological polar surface area (TPSA) is 56.7 Å². The molecule has 0 saturated heterocycles. The van der Waals surface area contributed by atoms with Crippen molar-refractivity contribution in [2.75, 3.05) is 5.73 Å². The number of hydrogen-bond acceptors (Lipinski definition) is 3. The van der Waals surface area contributed by atoms with Gasteiger partial charge in [-0.2, -0.15) is 9.78 Å². The van der Waals surface area contributed by atoms with Crippen LogP contribution in [-0.2, 0) is 0 Å². The van der Waals surface area contributed by atoms with Gasteiger partial charge in [-0.25, -0.2) is 4.98 Å². The fourth-order valence-corrected chi connectivity index (χ4v) is 1.66. The predicted molar refractivity (Wildman–Crippen MR) is 57.7 cm³/mol. The van der Waals surface area contributed by atoms with Crippen LogP contribution in [0.25, 0.3) is 5.82 Å². The van der Waals surface area contributed by atoms with Crippen molar-refractivity contribution in [3.63, 3.8) is 0 Å². The maximum absolute atomic E-state index is 5.90. The normalized spacial score (nSPS) is 15.5. The number of aromatic nitrogens is 3. The van der Waals surface area contributed by atoms with Crippen LogP contribution >= 0.6 is 0 Å². The van der Waals surface area contributed by atoms with Gasteiger partial charge in [0.25, 0.3) is 0 Å². The zero-order valence-electron chi connectivity index (χ0n) is 8.30. The van der Waals surface area contributed by atoms with Crippen LogP contribution in [0.3, 0.4) is 0 Å². The molecule has 0 aromatic carbocycles. The van der Waals surface area contributed by atoms with Gasteiger partial charge in [-0.05, 0) is 25.0 Å². The fourth-order valence-electron chi connectivity index (χ4n) is 1.66. The van der Waals surface area contributed by atoms with Gasteiger partial charge in [0.1, 0.15) is 5.82 Å². The largest absolute Gasteiger partial charge is 0.384 e. The van der Waals surface area contributed by atoms with E-state index in [1.165, 1.54) is 12.8 Å². The van der Waals surface area contributed by atoms with E-state index in [-0.39, 0.29) is 0 Å². The predicted octanol–water partition coefficient (Wildman–Crippen LogP) is 1.73. The molecule has 15 heavy (non-hydrogen) atoms. The Morgan fingerprint density at radius 3 is 2.87 bits per heavy atom. The third-order valence-electron chi connectivity index (χ3n) is 2.62. The minimum absolute atomic E-state index is 0.622. The summed E-state index contributed by atoms with van der Waals surface area (Å²) in [5.41, 5.74) is 6.99. The first-order valence-electron chi connectivity index (χ1n) is 5.11. The van der Waals surface area contributed by atoms with Crippen LogP contribution in [0.2, 0.25) is 0 Å². The molecule has 0 spiro atoms. The molecule has 0 atom stereocenters. The summed E-state index contributed by atoms with van der Waals surface area (Å²) in [7, 11) is 0. The van der Waals surface area contributed by atoms with E-state index in [0.717, 1.165) is 11.5 Å². The van der Waals surface area contributed by atoms with Gasteiger partial charge in [0.05, 0.1) is 5.69 Å². The van der Waals surface area contributed by atoms with Crippen molar-refractivity contribution in [3.05, 3.63) is 36.2 Å². The van der Waals surface area contributed by atoms with E-state index in [2.05, 4.69) is 10.1 Å². The lowest BCUT2D eigenvalue weighted by Gasteiger charge is -2.00. The lowest BCUT2D eigenvalue weighted by Crippen LogP contribution is -2.03. The van der Waals surface area contributed by atoms with Gasteiger partial charge in [0, 0.05) is 18.2 Å². The van der Waals surface area contributed by atoms with Crippen molar-refractivity contribution in [1.29, 1.82) is 0 Å². The van der Waals surface area contributed by atoms with Crippen molar-refractivity contribution in [1.82, 2.24) is 14.8 Å². The summed E-state index contributed by atoms with van der Waals surface area (Å²) in [6.07, 6.45) is 4.21. The molecule has 0 aliphatic heterocycles. The summed E-state index contributed by atoms with van der Waals surface area (Å²) in [5.74, 6) is 2.06. The quantitative estimate of drug-likeness (QED) is 0.803. The van der Waals surface area contributed by atoms with E-state index >= 15 is 0 Å². The molecular formula is C11H12N4. The van der Waals surface area contributed by atoms with Crippen LogP contribution in [0, 0.1) is 0 Å². The summed E-state index contributed by atoms with van der Waals surface area (Å²) in [6, 6.07) is 7.66. The minimum Gasteiger partial charge on any atom is -0.384 e. The molecule has 2 aromatic heterocycles. The zero-order valence-corrected chi connectivity index (χ0v) is 8.30. The Morgan fingerprint density at radius 2 is 2.20 bits per heavy atom. The highest BCUT2D eigenvalue weighted by atomic mass is 15.3. The molecule has 2 aromatic rings. The third kappa shape index (κ3) is 1.48. The second kappa shape index (κ2) is 3.08. The number of nitrogen functional groups attached to an aromatic ring is 1. The van der Waals surface area contributed by atoms with Gasteiger partial charge < -0.3 is 5.73 Å². The van der Waals surface area contributed by atoms with Gasteiger partial charge >= 0.3 is 0 Å². The van der Waals surface area contributed by atoms with Crippen LogP contribution in [0.1, 0.15) is 24.5 Å². The minimum atomic E-state index is 0.622. The second-order valence-electron chi connectivity index (χ2n) is 3.87. The Morgan fingerprint density at radius 1 is 1.33 bits per heavy atom. The first-order chi connectivity index (χ1) is 7.34. The number of nitrogens with two attached hydrogens (primary N) is 1. The van der Waals surface area contributed by atoms with Crippen molar-refractivity contribution in [2.45, 2.75) is 18.8 Å². The Balaban J connectivity index is 2.04. The SMILES string of the molecule is Nc1cc(C2CC2)nn1-c1ccccn1. The van der Waals surface area contributed by atoms with E-state index in [4.69, 9.17) is 5.73 Å². The van der Waals surface area contributed by atoms with E-state index in [9.17, 15) is 0 Å². The van der Waals surface area contributed by atoms with Crippen molar-refractivity contribution >= 4 is 5.82 Å². The van der Waals surface area contributed by atoms with E-state index in [1.54, 1.807) is 10.9 Å². The molecule has 1 aliphatic rings. The van der Waals surface area contributed by atoms with Crippen LogP contribution in [0.15, 0.2) is 30.5 Å². The Bertz CT molecular complexity index is 471. The molecule has 4 heteroatoms. The number of hydrogen-bond donors (Lipinski definition) is 1. The first-order valence-corrected chi connectivity index (χ1v) is 5.11. The second-order valence-corrected chi connectivity index (χ2v) is 3.87. The molecule has 0 bridgehead atoms. The molecule has 0 amide bonds. The maximum atomic E-state index is 5.90. The highest BCUT2D eigenvalue weighted by molar-refractivity contribution is 5.40. The van der Waals surface area contributed by atoms with Crippen LogP contribution < -0.4 is 5.73 Å². The average molecular weight is 200 g/mol. The molecule has 1 saturated carbocycles. The number of anilines is 1. The lowest BCUT2D eigenvalue weighted by atomic mass is 10.3. The van der Waals surface area contributed by atoms with Gasteiger partial charge in [-0.15, -0.1) is 0 Å². The smallest absolute Gasteiger partial charge is 0.155 e. The molecule has 0 radical (unpaired) electrons. The Labute approximate surface area is 87.7 Å². The molecule has 3 rings (SSSR count). The molecule has 1 fully saturated rings. The maximum Gasteiger partial charge on any atom is 0.155 e. The summed E-state index contributed by atoms with van der Waals surface area (Å²) in [4.78, 5) is 4.22. The molecule has 2 heterocycles. The summed E-state index contributed by atoms with van der Waals surface area (Å²) < 4.78 is 1.70. The highest BCUT2D eigenvalue weighted by Crippen LogP contribution is 2.39. The Hall–Kier alpha value is -1.84. The highest BCUT2D eigenvalue weighted by Gasteiger charge is 2.27. The van der Waals surface area contributed by atoms with Crippen LogP contribution in [0.4, 0.5) is 5.82 Å². The number of rotatable bonds is 2. The van der Waals surface area contributed by atoms with Crippen molar-refractivity contribution in [2.24, 2.45) is 0 Å². The monoisotopic (exact) mass is 200 g/mol. The standard InChI is InChI=1S/C11H12N4/c12-10-7-9(8-4-5-8)14-15(10)11-3-1-2-6-13-11/h1-3,6-8H,4-5,12H2. The van der Waals surface area contributed by atoms with Gasteiger partial charge in [-0.3, -0.25) is 0 Å². The summed E-state index contributed by atoms with van der Waals surface area (Å²) in [5, 5.41) is 4.47. The zero-order chi connectivity index (χ0) is 10.3. The Kier molecular flexibility index (Phi) is 1.74. The van der Waals surface area contributed by atoms with Crippen molar-refractivity contribution < 1.29 is 0 Å². The molecule has 4 nitrogen and oxygen atoms in total. The van der Waals surface area contributed by atoms with Crippen molar-refractivity contribution in [3.8, 4) is 5.82 Å². The summed E-state index contributed by atoms with van der Waals surface area (Å²) in [6.45, 7) is 0. The molecule has 0 unspecified atom stereocenters. The van der Waals surface area contributed by atoms with Crippen LogP contribution in [0.5, 0.6) is 0 Å². The number of nitrogens with zero attached hydrogens (tertiary/aromatic N) is 3. The number of pyridine rings is 1. The van der Waals surface area contributed by atoms with Gasteiger partial charge in [0.15, 0.2) is 5.82 Å². The summed E-state index contributed by atoms with van der Waals surface area (Å²) >= 11 is 0. The molecule has 2 N–H and O–H groups in total. The third-order valence-corrected chi connectivity index (χ3v) is 2.62. The van der Waals surface area contributed by atoms with E-state index in [1.807, 2.05) is 24.3 Å². The molecule has 76 valence electrons. The lowest BCUT2D eigenvalue weighted by molar-refractivity contribution is 0.820. The van der Waals surface area contributed by atoms with Gasteiger partial charge in [0.2, 0.25) is 0 Å². The molecular weight excluding hydrogens is 188 g/mol. The van der Waals surface area contributed by atoms with E-state index < -0.39 is 0 Å².